The van der Waals surface area contributed by atoms with Gasteiger partial charge in [-0.2, -0.15) is 0 Å². The van der Waals surface area contributed by atoms with Gasteiger partial charge in [-0.1, -0.05) is 36.7 Å². The Morgan fingerprint density at radius 3 is 2.61 bits per heavy atom. The van der Waals surface area contributed by atoms with E-state index in [1.165, 1.54) is 24.8 Å². The van der Waals surface area contributed by atoms with E-state index in [-0.39, 0.29) is 0 Å². The van der Waals surface area contributed by atoms with E-state index in [1.54, 1.807) is 0 Å². The summed E-state index contributed by atoms with van der Waals surface area (Å²) >= 11 is 6.28. The van der Waals surface area contributed by atoms with E-state index in [0.29, 0.717) is 6.04 Å². The number of nitrogens with one attached hydrogen (secondary N) is 1. The number of fused-ring (bicyclic) bond motifs is 1. The summed E-state index contributed by atoms with van der Waals surface area (Å²) in [4.78, 5) is 0. The Bertz CT molecular complexity index is 407. The fourth-order valence-corrected chi connectivity index (χ4v) is 3.87. The number of rotatable bonds is 5. The summed E-state index contributed by atoms with van der Waals surface area (Å²) in [5, 5.41) is 4.60. The monoisotopic (exact) mass is 263 g/mol. The molecule has 1 nitrogen and oxygen atoms in total. The average Bonchev–Trinajstić information content (AvgIpc) is 2.98. The molecular weight excluding hydrogens is 242 g/mol. The maximum Gasteiger partial charge on any atom is 0.0438 e. The molecule has 3 unspecified atom stereocenters. The average molecular weight is 264 g/mol. The van der Waals surface area contributed by atoms with Crippen LogP contribution in [0.3, 0.4) is 0 Å². The Labute approximate surface area is 115 Å². The minimum Gasteiger partial charge on any atom is -0.314 e. The van der Waals surface area contributed by atoms with Gasteiger partial charge < -0.3 is 5.32 Å². The number of hydrogen-bond donors (Lipinski definition) is 1. The smallest absolute Gasteiger partial charge is 0.0438 e. The Morgan fingerprint density at radius 2 is 1.94 bits per heavy atom. The van der Waals surface area contributed by atoms with Crippen LogP contribution >= 0.6 is 11.6 Å². The van der Waals surface area contributed by atoms with Crippen LogP contribution in [0.1, 0.15) is 31.7 Å². The van der Waals surface area contributed by atoms with Crippen molar-refractivity contribution in [1.82, 2.24) is 5.32 Å². The quantitative estimate of drug-likeness (QED) is 0.849. The molecule has 0 aliphatic heterocycles. The Balaban J connectivity index is 1.68. The zero-order valence-electron chi connectivity index (χ0n) is 11.0. The molecular formula is C16H22ClN. The molecule has 2 fully saturated rings. The van der Waals surface area contributed by atoms with Crippen LogP contribution in [0.25, 0.3) is 0 Å². The van der Waals surface area contributed by atoms with Gasteiger partial charge in [-0.05, 0) is 61.6 Å². The van der Waals surface area contributed by atoms with Crippen LogP contribution in [0.15, 0.2) is 24.3 Å². The molecule has 1 aromatic carbocycles. The van der Waals surface area contributed by atoms with Crippen LogP contribution in [0.4, 0.5) is 0 Å². The molecule has 0 spiro atoms. The molecule has 18 heavy (non-hydrogen) atoms. The third kappa shape index (κ3) is 2.57. The second-order valence-corrected chi connectivity index (χ2v) is 6.35. The summed E-state index contributed by atoms with van der Waals surface area (Å²) < 4.78 is 0. The van der Waals surface area contributed by atoms with Gasteiger partial charge in [-0.25, -0.2) is 0 Å². The molecule has 0 amide bonds. The van der Waals surface area contributed by atoms with Crippen LogP contribution in [0.2, 0.25) is 5.02 Å². The molecule has 0 bridgehead atoms. The van der Waals surface area contributed by atoms with E-state index in [0.717, 1.165) is 35.7 Å². The highest BCUT2D eigenvalue weighted by atomic mass is 35.5. The van der Waals surface area contributed by atoms with Crippen molar-refractivity contribution < 1.29 is 0 Å². The van der Waals surface area contributed by atoms with Gasteiger partial charge in [-0.15, -0.1) is 0 Å². The lowest BCUT2D eigenvalue weighted by molar-refractivity contribution is 0.337. The predicted molar refractivity (Wildman–Crippen MR) is 76.9 cm³/mol. The first-order chi connectivity index (χ1) is 8.78. The van der Waals surface area contributed by atoms with Crippen LogP contribution in [0, 0.1) is 17.8 Å². The molecule has 0 heterocycles. The van der Waals surface area contributed by atoms with Crippen LogP contribution < -0.4 is 5.32 Å². The van der Waals surface area contributed by atoms with Gasteiger partial charge in [-0.3, -0.25) is 0 Å². The van der Waals surface area contributed by atoms with Crippen molar-refractivity contribution in [3.63, 3.8) is 0 Å². The summed E-state index contributed by atoms with van der Waals surface area (Å²) in [6, 6.07) is 8.89. The Morgan fingerprint density at radius 1 is 1.22 bits per heavy atom. The van der Waals surface area contributed by atoms with Gasteiger partial charge in [0.2, 0.25) is 0 Å². The van der Waals surface area contributed by atoms with Gasteiger partial charge in [0.05, 0.1) is 0 Å². The first-order valence-corrected chi connectivity index (χ1v) is 7.62. The summed E-state index contributed by atoms with van der Waals surface area (Å²) in [6.45, 7) is 3.26. The topological polar surface area (TPSA) is 12.0 Å². The third-order valence-corrected chi connectivity index (χ3v) is 5.08. The maximum absolute atomic E-state index is 6.28. The van der Waals surface area contributed by atoms with Gasteiger partial charge in [0, 0.05) is 11.1 Å². The first-order valence-electron chi connectivity index (χ1n) is 7.24. The number of benzene rings is 1. The normalized spacial score (nSPS) is 31.1. The van der Waals surface area contributed by atoms with Gasteiger partial charge in [0.25, 0.3) is 0 Å². The molecule has 2 heteroatoms. The van der Waals surface area contributed by atoms with Gasteiger partial charge in [0.15, 0.2) is 0 Å². The molecule has 3 rings (SSSR count). The second kappa shape index (κ2) is 5.22. The molecule has 2 aliphatic rings. The number of halogens is 1. The highest BCUT2D eigenvalue weighted by molar-refractivity contribution is 6.31. The third-order valence-electron chi connectivity index (χ3n) is 4.71. The molecule has 98 valence electrons. The number of hydrogen-bond acceptors (Lipinski definition) is 1. The molecule has 2 saturated carbocycles. The molecule has 1 N–H and O–H groups in total. The molecule has 0 saturated heterocycles. The fraction of sp³-hybridized carbons (Fsp3) is 0.625. The van der Waals surface area contributed by atoms with E-state index in [2.05, 4.69) is 24.4 Å². The Hall–Kier alpha value is -0.530. The van der Waals surface area contributed by atoms with Crippen molar-refractivity contribution in [2.24, 2.45) is 17.8 Å². The zero-order chi connectivity index (χ0) is 12.5. The maximum atomic E-state index is 6.28. The van der Waals surface area contributed by atoms with Crippen LogP contribution in [-0.2, 0) is 6.42 Å². The predicted octanol–water partition coefficient (Wildman–Crippen LogP) is 3.91. The molecule has 3 atom stereocenters. The van der Waals surface area contributed by atoms with Crippen molar-refractivity contribution in [3.05, 3.63) is 34.9 Å². The van der Waals surface area contributed by atoms with Crippen LogP contribution in [0.5, 0.6) is 0 Å². The zero-order valence-corrected chi connectivity index (χ0v) is 11.8. The second-order valence-electron chi connectivity index (χ2n) is 5.95. The van der Waals surface area contributed by atoms with Gasteiger partial charge >= 0.3 is 0 Å². The van der Waals surface area contributed by atoms with E-state index < -0.39 is 0 Å². The molecule has 0 radical (unpaired) electrons. The highest BCUT2D eigenvalue weighted by Gasteiger charge is 2.47. The molecule has 1 aromatic rings. The Kier molecular flexibility index (Phi) is 3.63. The standard InChI is InChI=1S/C16H22ClN/c1-2-18-16(14-8-12-7-13(12)9-14)10-11-5-3-4-6-15(11)17/h3-6,12-14,16,18H,2,7-10H2,1H3. The first kappa shape index (κ1) is 12.5. The van der Waals surface area contributed by atoms with Crippen molar-refractivity contribution in [1.29, 1.82) is 0 Å². The largest absolute Gasteiger partial charge is 0.314 e. The van der Waals surface area contributed by atoms with E-state index in [9.17, 15) is 0 Å². The summed E-state index contributed by atoms with van der Waals surface area (Å²) in [5.41, 5.74) is 1.30. The lowest BCUT2D eigenvalue weighted by Gasteiger charge is -2.26. The van der Waals surface area contributed by atoms with E-state index in [1.807, 2.05) is 12.1 Å². The lowest BCUT2D eigenvalue weighted by atomic mass is 9.89. The molecule has 2 aliphatic carbocycles. The summed E-state index contributed by atoms with van der Waals surface area (Å²) in [6.07, 6.45) is 5.46. The van der Waals surface area contributed by atoms with E-state index in [4.69, 9.17) is 11.6 Å². The van der Waals surface area contributed by atoms with Gasteiger partial charge in [0.1, 0.15) is 0 Å². The molecule has 0 aromatic heterocycles. The van der Waals surface area contributed by atoms with Crippen molar-refractivity contribution in [2.75, 3.05) is 6.54 Å². The van der Waals surface area contributed by atoms with Crippen molar-refractivity contribution >= 4 is 11.6 Å². The van der Waals surface area contributed by atoms with E-state index >= 15 is 0 Å². The number of likely N-dealkylation sites (N-methyl/N-ethyl adjacent to an activating group) is 1. The lowest BCUT2D eigenvalue weighted by Crippen LogP contribution is -2.37. The van der Waals surface area contributed by atoms with Crippen molar-refractivity contribution in [3.8, 4) is 0 Å². The van der Waals surface area contributed by atoms with Crippen molar-refractivity contribution in [2.45, 2.75) is 38.6 Å². The summed E-state index contributed by atoms with van der Waals surface area (Å²) in [5.74, 6) is 2.98. The fourth-order valence-electron chi connectivity index (χ4n) is 3.66. The SMILES string of the molecule is CCNC(Cc1ccccc1Cl)C1CC2CC2C1. The minimum absolute atomic E-state index is 0.614. The minimum atomic E-state index is 0.614. The highest BCUT2D eigenvalue weighted by Crippen LogP contribution is 2.55. The van der Waals surface area contributed by atoms with Crippen LogP contribution in [-0.4, -0.2) is 12.6 Å². The summed E-state index contributed by atoms with van der Waals surface area (Å²) in [7, 11) is 0.